The third kappa shape index (κ3) is 8.05. The minimum atomic E-state index is -0.111. The van der Waals surface area contributed by atoms with Gasteiger partial charge in [0, 0.05) is 33.2 Å². The van der Waals surface area contributed by atoms with Crippen molar-refractivity contribution < 1.29 is 9.53 Å². The van der Waals surface area contributed by atoms with E-state index in [1.807, 2.05) is 38.2 Å². The molecule has 1 aliphatic rings. The summed E-state index contributed by atoms with van der Waals surface area (Å²) in [4.78, 5) is 18.4. The summed E-state index contributed by atoms with van der Waals surface area (Å²) in [5.74, 6) is 2.16. The molecule has 0 saturated carbocycles. The van der Waals surface area contributed by atoms with Crippen molar-refractivity contribution in [1.82, 2.24) is 15.5 Å². The Labute approximate surface area is 202 Å². The molecule has 0 bridgehead atoms. The van der Waals surface area contributed by atoms with Gasteiger partial charge in [-0.2, -0.15) is 0 Å². The fraction of sp³-hybridized carbons (Fsp3) is 0.417. The van der Waals surface area contributed by atoms with Crippen molar-refractivity contribution in [2.75, 3.05) is 33.3 Å². The maximum atomic E-state index is 11.6. The van der Waals surface area contributed by atoms with Gasteiger partial charge in [-0.15, -0.1) is 24.0 Å². The van der Waals surface area contributed by atoms with Gasteiger partial charge in [-0.25, -0.2) is 0 Å². The molecule has 0 aromatic heterocycles. The summed E-state index contributed by atoms with van der Waals surface area (Å²) in [6, 6.07) is 18.5. The smallest absolute Gasteiger partial charge is 0.257 e. The average Bonchev–Trinajstić information content (AvgIpc) is 3.22. The van der Waals surface area contributed by atoms with Gasteiger partial charge in [-0.05, 0) is 48.9 Å². The van der Waals surface area contributed by atoms with E-state index in [9.17, 15) is 4.79 Å². The van der Waals surface area contributed by atoms with Gasteiger partial charge in [0.25, 0.3) is 5.91 Å². The third-order valence-electron chi connectivity index (χ3n) is 5.26. The molecule has 7 heteroatoms. The van der Waals surface area contributed by atoms with E-state index in [4.69, 9.17) is 4.74 Å². The van der Waals surface area contributed by atoms with Crippen LogP contribution in [0.4, 0.5) is 0 Å². The lowest BCUT2D eigenvalue weighted by Gasteiger charge is -2.22. The highest BCUT2D eigenvalue weighted by atomic mass is 127. The molecule has 1 aliphatic heterocycles. The first-order valence-corrected chi connectivity index (χ1v) is 10.7. The highest BCUT2D eigenvalue weighted by Crippen LogP contribution is 2.21. The predicted molar refractivity (Wildman–Crippen MR) is 136 cm³/mol. The highest BCUT2D eigenvalue weighted by molar-refractivity contribution is 14.0. The second-order valence-electron chi connectivity index (χ2n) is 7.58. The van der Waals surface area contributed by atoms with Crippen molar-refractivity contribution >= 4 is 35.8 Å². The molecule has 1 atom stereocenters. The molecule has 2 aromatic carbocycles. The third-order valence-corrected chi connectivity index (χ3v) is 5.26. The van der Waals surface area contributed by atoms with Crippen molar-refractivity contribution in [2.24, 2.45) is 10.9 Å². The maximum Gasteiger partial charge on any atom is 0.257 e. The van der Waals surface area contributed by atoms with Gasteiger partial charge >= 0.3 is 0 Å². The van der Waals surface area contributed by atoms with E-state index >= 15 is 0 Å². The molecule has 1 heterocycles. The van der Waals surface area contributed by atoms with Crippen LogP contribution in [0.15, 0.2) is 59.6 Å². The highest BCUT2D eigenvalue weighted by Gasteiger charge is 2.24. The fourth-order valence-electron chi connectivity index (χ4n) is 3.79. The molecule has 2 N–H and O–H groups in total. The molecule has 1 unspecified atom stereocenters. The number of likely N-dealkylation sites (tertiary alicyclic amines) is 1. The Morgan fingerprint density at radius 1 is 1.13 bits per heavy atom. The normalized spacial score (nSPS) is 15.9. The Hall–Kier alpha value is -2.29. The number of carbonyl (C=O) groups is 1. The number of nitrogens with one attached hydrogen (secondary N) is 2. The molecule has 0 spiro atoms. The predicted octanol–water partition coefficient (Wildman–Crippen LogP) is 3.46. The summed E-state index contributed by atoms with van der Waals surface area (Å²) in [5.41, 5.74) is 2.49. The molecule has 0 aliphatic carbocycles. The minimum absolute atomic E-state index is 0. The number of likely N-dealkylation sites (N-methyl/N-ethyl adjacent to an activating group) is 1. The molecule has 1 fully saturated rings. The number of nitrogens with zero attached hydrogens (tertiary/aromatic N) is 2. The SMILES string of the molecule is CCNC(=O)COc1cccc(CNC(=NC)N2CCC(Cc3ccccc3)C2)c1.I. The van der Waals surface area contributed by atoms with Gasteiger partial charge in [0.05, 0.1) is 0 Å². The zero-order valence-corrected chi connectivity index (χ0v) is 20.7. The first-order chi connectivity index (χ1) is 14.7. The molecular formula is C24H33IN4O2. The zero-order valence-electron chi connectivity index (χ0n) is 18.3. The van der Waals surface area contributed by atoms with Gasteiger partial charge in [-0.1, -0.05) is 42.5 Å². The van der Waals surface area contributed by atoms with Crippen LogP contribution in [0.3, 0.4) is 0 Å². The Kier molecular flexibility index (Phi) is 10.6. The molecule has 2 aromatic rings. The molecule has 1 saturated heterocycles. The van der Waals surface area contributed by atoms with Crippen LogP contribution in [0.2, 0.25) is 0 Å². The molecule has 6 nitrogen and oxygen atoms in total. The van der Waals surface area contributed by atoms with Gasteiger partial charge in [0.15, 0.2) is 12.6 Å². The molecular weight excluding hydrogens is 503 g/mol. The minimum Gasteiger partial charge on any atom is -0.484 e. The quantitative estimate of drug-likeness (QED) is 0.308. The molecule has 168 valence electrons. The number of halogens is 1. The lowest BCUT2D eigenvalue weighted by molar-refractivity contribution is -0.122. The van der Waals surface area contributed by atoms with E-state index in [1.54, 1.807) is 0 Å². The maximum absolute atomic E-state index is 11.6. The van der Waals surface area contributed by atoms with Crippen molar-refractivity contribution in [3.63, 3.8) is 0 Å². The van der Waals surface area contributed by atoms with Crippen LogP contribution in [0.5, 0.6) is 5.75 Å². The second kappa shape index (κ2) is 13.2. The Bertz CT molecular complexity index is 844. The van der Waals surface area contributed by atoms with Gasteiger partial charge in [0.1, 0.15) is 5.75 Å². The van der Waals surface area contributed by atoms with Crippen molar-refractivity contribution in [3.8, 4) is 5.75 Å². The first kappa shape index (κ1) is 25.0. The number of aliphatic imine (C=N–C) groups is 1. The van der Waals surface area contributed by atoms with Crippen LogP contribution >= 0.6 is 24.0 Å². The Morgan fingerprint density at radius 3 is 2.65 bits per heavy atom. The summed E-state index contributed by atoms with van der Waals surface area (Å²) in [6.07, 6.45) is 2.29. The Balaban J connectivity index is 0.00000341. The van der Waals surface area contributed by atoms with Crippen LogP contribution in [-0.2, 0) is 17.8 Å². The molecule has 31 heavy (non-hydrogen) atoms. The number of guanidine groups is 1. The van der Waals surface area contributed by atoms with E-state index in [0.717, 1.165) is 31.0 Å². The van der Waals surface area contributed by atoms with Crippen LogP contribution < -0.4 is 15.4 Å². The number of hydrogen-bond donors (Lipinski definition) is 2. The van der Waals surface area contributed by atoms with Crippen LogP contribution in [0, 0.1) is 5.92 Å². The summed E-state index contributed by atoms with van der Waals surface area (Å²) >= 11 is 0. The monoisotopic (exact) mass is 536 g/mol. The number of ether oxygens (including phenoxy) is 1. The zero-order chi connectivity index (χ0) is 21.2. The number of carbonyl (C=O) groups excluding carboxylic acids is 1. The van der Waals surface area contributed by atoms with E-state index in [1.165, 1.54) is 12.0 Å². The van der Waals surface area contributed by atoms with Gasteiger partial charge < -0.3 is 20.3 Å². The second-order valence-corrected chi connectivity index (χ2v) is 7.58. The van der Waals surface area contributed by atoms with E-state index in [0.29, 0.717) is 24.8 Å². The largest absolute Gasteiger partial charge is 0.484 e. The van der Waals surface area contributed by atoms with Gasteiger partial charge in [0.2, 0.25) is 0 Å². The van der Waals surface area contributed by atoms with Gasteiger partial charge in [-0.3, -0.25) is 9.79 Å². The molecule has 1 amide bonds. The van der Waals surface area contributed by atoms with Crippen LogP contribution in [0.25, 0.3) is 0 Å². The van der Waals surface area contributed by atoms with E-state index in [-0.39, 0.29) is 36.5 Å². The molecule has 0 radical (unpaired) electrons. The van der Waals surface area contributed by atoms with E-state index in [2.05, 4.69) is 50.9 Å². The summed E-state index contributed by atoms with van der Waals surface area (Å²) < 4.78 is 5.58. The topological polar surface area (TPSA) is 66.0 Å². The van der Waals surface area contributed by atoms with Crippen molar-refractivity contribution in [3.05, 3.63) is 65.7 Å². The lowest BCUT2D eigenvalue weighted by atomic mass is 9.99. The summed E-state index contributed by atoms with van der Waals surface area (Å²) in [6.45, 7) is 5.22. The van der Waals surface area contributed by atoms with Crippen molar-refractivity contribution in [2.45, 2.75) is 26.3 Å². The van der Waals surface area contributed by atoms with Crippen molar-refractivity contribution in [1.29, 1.82) is 0 Å². The van der Waals surface area contributed by atoms with Crippen LogP contribution in [-0.4, -0.2) is 50.1 Å². The number of hydrogen-bond acceptors (Lipinski definition) is 3. The summed E-state index contributed by atoms with van der Waals surface area (Å²) in [5, 5.41) is 6.20. The first-order valence-electron chi connectivity index (χ1n) is 10.7. The number of amides is 1. The summed E-state index contributed by atoms with van der Waals surface area (Å²) in [7, 11) is 1.83. The van der Waals surface area contributed by atoms with Crippen LogP contribution in [0.1, 0.15) is 24.5 Å². The lowest BCUT2D eigenvalue weighted by Crippen LogP contribution is -2.39. The number of rotatable bonds is 8. The fourth-order valence-corrected chi connectivity index (χ4v) is 3.79. The number of benzene rings is 2. The van der Waals surface area contributed by atoms with E-state index < -0.39 is 0 Å². The Morgan fingerprint density at radius 2 is 1.90 bits per heavy atom. The average molecular weight is 536 g/mol. The standard InChI is InChI=1S/C24H32N4O2.HI/c1-3-26-23(29)18-30-22-11-7-10-20(15-22)16-27-24(25-2)28-13-12-21(17-28)14-19-8-5-4-6-9-19;/h4-11,15,21H,3,12-14,16-18H2,1-2H3,(H,25,27)(H,26,29);1H. The molecule has 3 rings (SSSR count).